The highest BCUT2D eigenvalue weighted by Gasteiger charge is 2.37. The first-order chi connectivity index (χ1) is 15.5. The van der Waals surface area contributed by atoms with Crippen LogP contribution in [0.15, 0.2) is 53.9 Å². The second kappa shape index (κ2) is 9.71. The molecule has 0 spiro atoms. The second-order valence-electron chi connectivity index (χ2n) is 8.68. The summed E-state index contributed by atoms with van der Waals surface area (Å²) in [6, 6.07) is 12.0. The Morgan fingerprint density at radius 1 is 1.16 bits per heavy atom. The number of rotatable bonds is 6. The van der Waals surface area contributed by atoms with Gasteiger partial charge < -0.3 is 19.7 Å². The highest BCUT2D eigenvalue weighted by Crippen LogP contribution is 2.46. The summed E-state index contributed by atoms with van der Waals surface area (Å²) >= 11 is 0. The van der Waals surface area contributed by atoms with E-state index in [1.807, 2.05) is 50.2 Å². The lowest BCUT2D eigenvalue weighted by atomic mass is 9.80. The van der Waals surface area contributed by atoms with Crippen molar-refractivity contribution >= 4 is 11.7 Å². The third kappa shape index (κ3) is 4.64. The molecule has 1 unspecified atom stereocenters. The summed E-state index contributed by atoms with van der Waals surface area (Å²) in [4.78, 5) is 22.4. The number of carbonyl (C=O) groups is 1. The lowest BCUT2D eigenvalue weighted by Gasteiger charge is -2.36. The van der Waals surface area contributed by atoms with E-state index < -0.39 is 0 Å². The fraction of sp³-hybridized carbons (Fsp3) is 0.440. The van der Waals surface area contributed by atoms with Gasteiger partial charge in [0.15, 0.2) is 0 Å². The number of likely N-dealkylation sites (N-methyl/N-ethyl adjacent to an activating group) is 1. The molecule has 1 atom stereocenters. The van der Waals surface area contributed by atoms with Gasteiger partial charge in [0.2, 0.25) is 5.88 Å². The number of hydrogen-bond acceptors (Lipinski definition) is 7. The monoisotopic (exact) mass is 436 g/mol. The van der Waals surface area contributed by atoms with Gasteiger partial charge in [-0.15, -0.1) is 0 Å². The van der Waals surface area contributed by atoms with Crippen LogP contribution in [0.25, 0.3) is 0 Å². The minimum absolute atomic E-state index is 0.0392. The minimum atomic E-state index is -0.333. The van der Waals surface area contributed by atoms with E-state index in [2.05, 4.69) is 27.1 Å². The molecule has 7 nitrogen and oxygen atoms in total. The molecule has 32 heavy (non-hydrogen) atoms. The number of ether oxygens (including phenoxy) is 2. The fourth-order valence-electron chi connectivity index (χ4n) is 4.39. The smallest absolute Gasteiger partial charge is 0.336 e. The first-order valence-corrected chi connectivity index (χ1v) is 11.2. The molecule has 1 N–H and O–H groups in total. The average Bonchev–Trinajstić information content (AvgIpc) is 2.79. The molecular weight excluding hydrogens is 404 g/mol. The topological polar surface area (TPSA) is 66.9 Å². The first-order valence-electron chi connectivity index (χ1n) is 11.2. The van der Waals surface area contributed by atoms with E-state index in [1.165, 1.54) is 7.11 Å². The number of nitrogens with one attached hydrogen (secondary N) is 1. The minimum Gasteiger partial charge on any atom is -0.475 e. The van der Waals surface area contributed by atoms with E-state index in [4.69, 9.17) is 9.47 Å². The van der Waals surface area contributed by atoms with E-state index in [9.17, 15) is 4.79 Å². The van der Waals surface area contributed by atoms with Crippen LogP contribution in [0.5, 0.6) is 5.88 Å². The zero-order valence-electron chi connectivity index (χ0n) is 19.3. The molecule has 1 saturated heterocycles. The molecule has 2 aliphatic heterocycles. The van der Waals surface area contributed by atoms with Gasteiger partial charge in [-0.3, -0.25) is 4.90 Å². The molecule has 0 saturated carbocycles. The van der Waals surface area contributed by atoms with E-state index in [1.54, 1.807) is 6.20 Å². The Morgan fingerprint density at radius 3 is 2.53 bits per heavy atom. The first kappa shape index (κ1) is 22.3. The maximum atomic E-state index is 13.2. The van der Waals surface area contributed by atoms with E-state index in [-0.39, 0.29) is 18.0 Å². The lowest BCUT2D eigenvalue weighted by molar-refractivity contribution is -0.136. The summed E-state index contributed by atoms with van der Waals surface area (Å²) in [6.45, 7) is 8.54. The second-order valence-corrected chi connectivity index (χ2v) is 8.68. The number of benzene rings is 1. The van der Waals surface area contributed by atoms with Gasteiger partial charge in [0.25, 0.3) is 0 Å². The molecule has 1 aromatic heterocycles. The van der Waals surface area contributed by atoms with E-state index in [0.717, 1.165) is 48.7 Å². The maximum absolute atomic E-state index is 13.2. The van der Waals surface area contributed by atoms with Crippen molar-refractivity contribution in [3.63, 3.8) is 0 Å². The number of hydrogen-bond donors (Lipinski definition) is 1. The molecule has 3 heterocycles. The van der Waals surface area contributed by atoms with Crippen LogP contribution in [-0.2, 0) is 9.53 Å². The fourth-order valence-corrected chi connectivity index (χ4v) is 4.39. The molecule has 0 bridgehead atoms. The predicted molar refractivity (Wildman–Crippen MR) is 125 cm³/mol. The Labute approximate surface area is 190 Å². The summed E-state index contributed by atoms with van der Waals surface area (Å²) in [5, 5.41) is 3.54. The highest BCUT2D eigenvalue weighted by molar-refractivity contribution is 5.95. The Kier molecular flexibility index (Phi) is 6.77. The van der Waals surface area contributed by atoms with Crippen LogP contribution in [0.1, 0.15) is 30.9 Å². The number of fused-ring (bicyclic) bond motifs is 1. The van der Waals surface area contributed by atoms with Crippen molar-refractivity contribution < 1.29 is 14.3 Å². The van der Waals surface area contributed by atoms with Crippen molar-refractivity contribution in [3.05, 3.63) is 65.0 Å². The van der Waals surface area contributed by atoms with Gasteiger partial charge in [0.1, 0.15) is 0 Å². The lowest BCUT2D eigenvalue weighted by Crippen LogP contribution is -2.46. The van der Waals surface area contributed by atoms with Gasteiger partial charge in [-0.2, -0.15) is 0 Å². The number of carbonyl (C=O) groups excluding carboxylic acids is 1. The molecule has 170 valence electrons. The van der Waals surface area contributed by atoms with E-state index in [0.29, 0.717) is 18.0 Å². The van der Waals surface area contributed by atoms with Crippen LogP contribution in [-0.4, -0.2) is 73.7 Å². The third-order valence-electron chi connectivity index (χ3n) is 6.00. The van der Waals surface area contributed by atoms with Crippen molar-refractivity contribution in [3.8, 4) is 5.88 Å². The summed E-state index contributed by atoms with van der Waals surface area (Å²) in [5.41, 5.74) is 4.29. The Morgan fingerprint density at radius 2 is 1.88 bits per heavy atom. The Bertz CT molecular complexity index is 982. The molecule has 7 heteroatoms. The Hall–Kier alpha value is -2.90. The van der Waals surface area contributed by atoms with Crippen molar-refractivity contribution in [1.29, 1.82) is 0 Å². The predicted octanol–water partition coefficient (Wildman–Crippen LogP) is 3.10. The van der Waals surface area contributed by atoms with Gasteiger partial charge in [0.05, 0.1) is 24.7 Å². The Balaban J connectivity index is 1.84. The summed E-state index contributed by atoms with van der Waals surface area (Å²) in [7, 11) is 3.58. The van der Waals surface area contributed by atoms with Crippen molar-refractivity contribution in [2.75, 3.05) is 52.2 Å². The number of anilines is 1. The summed E-state index contributed by atoms with van der Waals surface area (Å²) in [5.74, 6) is -0.121. The van der Waals surface area contributed by atoms with Gasteiger partial charge >= 0.3 is 5.97 Å². The third-order valence-corrected chi connectivity index (χ3v) is 6.00. The normalized spacial score (nSPS) is 19.5. The van der Waals surface area contributed by atoms with Gasteiger partial charge in [-0.1, -0.05) is 30.3 Å². The van der Waals surface area contributed by atoms with Crippen LogP contribution >= 0.6 is 0 Å². The maximum Gasteiger partial charge on any atom is 0.336 e. The van der Waals surface area contributed by atoms with E-state index >= 15 is 0 Å². The number of methoxy groups -OCH3 is 1. The van der Waals surface area contributed by atoms with Crippen LogP contribution in [0.3, 0.4) is 0 Å². The quantitative estimate of drug-likeness (QED) is 0.698. The molecular formula is C25H32N4O3. The number of esters is 1. The van der Waals surface area contributed by atoms with Gasteiger partial charge in [0, 0.05) is 55.9 Å². The van der Waals surface area contributed by atoms with Gasteiger partial charge in [-0.05, 0) is 32.5 Å². The largest absolute Gasteiger partial charge is 0.475 e. The zero-order chi connectivity index (χ0) is 22.7. The molecule has 0 radical (unpaired) electrons. The van der Waals surface area contributed by atoms with Crippen LogP contribution < -0.4 is 10.1 Å². The van der Waals surface area contributed by atoms with Crippen molar-refractivity contribution in [1.82, 2.24) is 14.8 Å². The molecule has 1 fully saturated rings. The van der Waals surface area contributed by atoms with Gasteiger partial charge in [-0.25, -0.2) is 9.78 Å². The SMILES string of the molecule is COC(=O)C1=C(CN2CCN(C)CC2)Nc2ccnc(OC(C)C)c2C1c1ccccc1. The van der Waals surface area contributed by atoms with Crippen LogP contribution in [0, 0.1) is 0 Å². The molecule has 2 aliphatic rings. The average molecular weight is 437 g/mol. The number of piperazine rings is 1. The standard InChI is InChI=1S/C25H32N4O3/c1-17(2)32-24-22-19(10-11-26-24)27-20(16-29-14-12-28(3)13-15-29)23(25(30)31-4)21(22)18-8-6-5-7-9-18/h5-11,17,21,27H,12-16H2,1-4H3. The molecule has 1 aromatic carbocycles. The highest BCUT2D eigenvalue weighted by atomic mass is 16.5. The summed E-state index contributed by atoms with van der Waals surface area (Å²) < 4.78 is 11.4. The number of nitrogens with zero attached hydrogens (tertiary/aromatic N) is 3. The van der Waals surface area contributed by atoms with Crippen molar-refractivity contribution in [2.45, 2.75) is 25.9 Å². The molecule has 2 aromatic rings. The summed E-state index contributed by atoms with van der Waals surface area (Å²) in [6.07, 6.45) is 1.71. The van der Waals surface area contributed by atoms with Crippen LogP contribution in [0.4, 0.5) is 5.69 Å². The number of aromatic nitrogens is 1. The number of pyridine rings is 1. The molecule has 0 amide bonds. The van der Waals surface area contributed by atoms with Crippen molar-refractivity contribution in [2.24, 2.45) is 0 Å². The molecule has 4 rings (SSSR count). The van der Waals surface area contributed by atoms with Crippen LogP contribution in [0.2, 0.25) is 0 Å². The zero-order valence-corrected chi connectivity index (χ0v) is 19.3. The molecule has 0 aliphatic carbocycles.